The highest BCUT2D eigenvalue weighted by Crippen LogP contribution is 2.37. The van der Waals surface area contributed by atoms with Crippen molar-refractivity contribution in [2.24, 2.45) is 11.1 Å². The Morgan fingerprint density at radius 1 is 0.788 bits per heavy atom. The third-order valence-electron chi connectivity index (χ3n) is 7.40. The molecule has 52 heavy (non-hydrogen) atoms. The Morgan fingerprint density at radius 3 is 1.98 bits per heavy atom. The number of nitrogens with zero attached hydrogens (tertiary/aromatic N) is 1. The summed E-state index contributed by atoms with van der Waals surface area (Å²) in [6.45, 7) is 12.2. The van der Waals surface area contributed by atoms with Gasteiger partial charge in [-0.05, 0) is 81.1 Å². The highest BCUT2D eigenvalue weighted by atomic mass is 32.1. The van der Waals surface area contributed by atoms with Gasteiger partial charge in [0.2, 0.25) is 5.91 Å². The zero-order chi connectivity index (χ0) is 38.1. The van der Waals surface area contributed by atoms with E-state index >= 15 is 0 Å². The maximum absolute atomic E-state index is 13.4. The molecule has 0 bridgehead atoms. The van der Waals surface area contributed by atoms with Gasteiger partial charge < -0.3 is 41.2 Å². The number of ether oxygens (including phenoxy) is 3. The van der Waals surface area contributed by atoms with Crippen LogP contribution in [0.4, 0.5) is 20.4 Å². The van der Waals surface area contributed by atoms with E-state index in [0.29, 0.717) is 40.0 Å². The van der Waals surface area contributed by atoms with Crippen LogP contribution in [0, 0.1) is 5.41 Å². The van der Waals surface area contributed by atoms with Gasteiger partial charge in [0.05, 0.1) is 11.1 Å². The molecule has 6 N–H and O–H groups in total. The number of amides is 4. The molecule has 0 aliphatic heterocycles. The van der Waals surface area contributed by atoms with E-state index in [9.17, 15) is 19.2 Å². The van der Waals surface area contributed by atoms with Crippen molar-refractivity contribution in [1.82, 2.24) is 15.6 Å². The molecule has 0 saturated heterocycles. The zero-order valence-corrected chi connectivity index (χ0v) is 31.2. The maximum Gasteiger partial charge on any atom is 0.412 e. The molecule has 0 fully saturated rings. The average molecular weight is 731 g/mol. The Kier molecular flexibility index (Phi) is 12.5. The fourth-order valence-electron chi connectivity index (χ4n) is 4.84. The summed E-state index contributed by atoms with van der Waals surface area (Å²) >= 11 is 1.11. The molecular formula is C38H46N6O7S. The molecule has 4 aromatic rings. The average Bonchev–Trinajstić information content (AvgIpc) is 3.44. The molecule has 4 amide bonds. The number of aryl methyl sites for hydroxylation is 2. The van der Waals surface area contributed by atoms with E-state index in [2.05, 4.69) is 26.3 Å². The van der Waals surface area contributed by atoms with Crippen molar-refractivity contribution in [3.05, 3.63) is 101 Å². The Morgan fingerprint density at radius 2 is 1.40 bits per heavy atom. The van der Waals surface area contributed by atoms with Gasteiger partial charge in [0.1, 0.15) is 16.4 Å². The first kappa shape index (κ1) is 39.2. The van der Waals surface area contributed by atoms with E-state index in [0.717, 1.165) is 28.2 Å². The molecule has 4 rings (SSSR count). The molecule has 3 aromatic carbocycles. The Labute approximate surface area is 307 Å². The molecule has 1 heterocycles. The van der Waals surface area contributed by atoms with Gasteiger partial charge in [-0.2, -0.15) is 0 Å². The van der Waals surface area contributed by atoms with Crippen molar-refractivity contribution >= 4 is 46.2 Å². The molecule has 276 valence electrons. The van der Waals surface area contributed by atoms with Gasteiger partial charge in [-0.3, -0.25) is 9.59 Å². The normalized spacial score (nSPS) is 12.5. The maximum atomic E-state index is 13.4. The minimum atomic E-state index is -1.95. The number of hydrogen-bond donors (Lipinski definition) is 5. The number of thiazole rings is 1. The van der Waals surface area contributed by atoms with Crippen molar-refractivity contribution in [2.45, 2.75) is 79.3 Å². The quantitative estimate of drug-likeness (QED) is 0.0879. The minimum absolute atomic E-state index is 0.281. The summed E-state index contributed by atoms with van der Waals surface area (Å²) in [7, 11) is 0. The fraction of sp³-hybridized carbons (Fsp3) is 0.342. The molecule has 0 spiro atoms. The van der Waals surface area contributed by atoms with Crippen LogP contribution in [-0.4, -0.2) is 40.4 Å². The fourth-order valence-corrected chi connectivity index (χ4v) is 5.82. The van der Waals surface area contributed by atoms with Crippen LogP contribution in [0.15, 0.2) is 78.9 Å². The number of benzene rings is 3. The second-order valence-corrected chi connectivity index (χ2v) is 15.1. The third-order valence-corrected chi connectivity index (χ3v) is 8.41. The van der Waals surface area contributed by atoms with Crippen LogP contribution in [0.5, 0.6) is 11.5 Å². The van der Waals surface area contributed by atoms with Crippen molar-refractivity contribution < 1.29 is 33.4 Å². The van der Waals surface area contributed by atoms with Gasteiger partial charge in [-0.1, -0.05) is 74.6 Å². The number of nitrogens with two attached hydrogens (primary N) is 1. The topological polar surface area (TPSA) is 183 Å². The van der Waals surface area contributed by atoms with E-state index in [4.69, 9.17) is 19.9 Å². The molecule has 1 unspecified atom stereocenters. The molecule has 0 radical (unpaired) electrons. The monoisotopic (exact) mass is 730 g/mol. The van der Waals surface area contributed by atoms with Crippen LogP contribution in [0.3, 0.4) is 0 Å². The second-order valence-electron chi connectivity index (χ2n) is 14.1. The van der Waals surface area contributed by atoms with E-state index < -0.39 is 29.1 Å². The number of nitrogens with one attached hydrogen (secondary N) is 4. The molecule has 0 aliphatic rings. The number of primary amides is 1. The lowest BCUT2D eigenvalue weighted by Crippen LogP contribution is -2.59. The summed E-state index contributed by atoms with van der Waals surface area (Å²) in [6.07, 6.45) is -1.01. The van der Waals surface area contributed by atoms with Crippen LogP contribution >= 0.6 is 11.3 Å². The van der Waals surface area contributed by atoms with Crippen molar-refractivity contribution in [1.29, 1.82) is 0 Å². The van der Waals surface area contributed by atoms with Crippen LogP contribution < -0.4 is 31.7 Å². The molecule has 0 aliphatic carbocycles. The lowest BCUT2D eigenvalue weighted by Gasteiger charge is -2.42. The van der Waals surface area contributed by atoms with E-state index in [1.165, 1.54) is 6.92 Å². The van der Waals surface area contributed by atoms with Gasteiger partial charge >= 0.3 is 18.1 Å². The van der Waals surface area contributed by atoms with Gasteiger partial charge in [0.15, 0.2) is 5.13 Å². The Bertz CT molecular complexity index is 1850. The van der Waals surface area contributed by atoms with Crippen LogP contribution in [0.25, 0.3) is 0 Å². The number of para-hydroxylation sites is 1. The standard InChI is InChI=1S/C38H46N6O7S/c1-24(45)41-34-42-30(31(52-34)32(46)40-23-26-15-20-29(21-16-26)49-28-11-9-8-10-12-28)22-17-25-13-18-27(19-14-25)43-38(36(2,3)4,50-33(39)47)51-35(48)44-37(5,6)7/h8-16,18-21,43H,17,22-23H2,1-7H3,(H2,39,47)(H,40,46)(H,44,48)(H,41,42,45). The number of rotatable bonds is 13. The molecule has 0 saturated carbocycles. The van der Waals surface area contributed by atoms with E-state index in [1.807, 2.05) is 66.7 Å². The summed E-state index contributed by atoms with van der Waals surface area (Å²) in [5.74, 6) is -1.14. The van der Waals surface area contributed by atoms with Crippen molar-refractivity contribution in [3.8, 4) is 11.5 Å². The number of anilines is 2. The highest BCUT2D eigenvalue weighted by molar-refractivity contribution is 7.17. The number of aromatic nitrogens is 1. The molecule has 13 nitrogen and oxygen atoms in total. The van der Waals surface area contributed by atoms with Gasteiger partial charge in [-0.15, -0.1) is 0 Å². The van der Waals surface area contributed by atoms with Crippen molar-refractivity contribution in [2.75, 3.05) is 10.6 Å². The first-order chi connectivity index (χ1) is 24.4. The van der Waals surface area contributed by atoms with Gasteiger partial charge in [0, 0.05) is 24.7 Å². The minimum Gasteiger partial charge on any atom is -0.457 e. The number of alkyl carbamates (subject to hydrolysis) is 1. The number of carbonyl (C=O) groups is 4. The van der Waals surface area contributed by atoms with Crippen molar-refractivity contribution in [3.63, 3.8) is 0 Å². The SMILES string of the molecule is CC(=O)Nc1nc(CCc2ccc(NC(OC(N)=O)(OC(=O)NC(C)(C)C)C(C)(C)C)cc2)c(C(=O)NCc2ccc(Oc3ccccc3)cc2)s1. The van der Waals surface area contributed by atoms with Crippen LogP contribution in [-0.2, 0) is 33.7 Å². The summed E-state index contributed by atoms with van der Waals surface area (Å²) in [6, 6.07) is 24.1. The summed E-state index contributed by atoms with van der Waals surface area (Å²) in [5.41, 5.74) is 6.67. The van der Waals surface area contributed by atoms with E-state index in [1.54, 1.807) is 53.7 Å². The van der Waals surface area contributed by atoms with Crippen LogP contribution in [0.2, 0.25) is 0 Å². The zero-order valence-electron chi connectivity index (χ0n) is 30.4. The summed E-state index contributed by atoms with van der Waals surface area (Å²) in [4.78, 5) is 54.9. The molecule has 1 aromatic heterocycles. The van der Waals surface area contributed by atoms with Crippen LogP contribution in [0.1, 0.15) is 75.0 Å². The first-order valence-electron chi connectivity index (χ1n) is 16.7. The smallest absolute Gasteiger partial charge is 0.412 e. The molecule has 14 heteroatoms. The second kappa shape index (κ2) is 16.6. The predicted molar refractivity (Wildman–Crippen MR) is 200 cm³/mol. The predicted octanol–water partition coefficient (Wildman–Crippen LogP) is 7.34. The highest BCUT2D eigenvalue weighted by Gasteiger charge is 2.50. The summed E-state index contributed by atoms with van der Waals surface area (Å²) < 4.78 is 17.0. The first-order valence-corrected chi connectivity index (χ1v) is 17.5. The lowest BCUT2D eigenvalue weighted by atomic mass is 9.90. The number of carbonyl (C=O) groups excluding carboxylic acids is 4. The van der Waals surface area contributed by atoms with Gasteiger partial charge in [0.25, 0.3) is 5.91 Å². The Balaban J connectivity index is 1.44. The third kappa shape index (κ3) is 11.5. The van der Waals surface area contributed by atoms with Gasteiger partial charge in [-0.25, -0.2) is 14.6 Å². The van der Waals surface area contributed by atoms with E-state index in [-0.39, 0.29) is 18.4 Å². The molecule has 1 atom stereocenters. The largest absolute Gasteiger partial charge is 0.457 e. The lowest BCUT2D eigenvalue weighted by molar-refractivity contribution is -0.202. The summed E-state index contributed by atoms with van der Waals surface area (Å²) in [5, 5.41) is 11.7. The molecular weight excluding hydrogens is 685 g/mol. The Hall–Kier alpha value is -5.63. The number of hydrogen-bond acceptors (Lipinski definition) is 10.